The van der Waals surface area contributed by atoms with Crippen molar-refractivity contribution in [1.29, 1.82) is 0 Å². The molecule has 0 spiro atoms. The Morgan fingerprint density at radius 2 is 2.00 bits per heavy atom. The van der Waals surface area contributed by atoms with Crippen LogP contribution in [0.15, 0.2) is 16.6 Å². The van der Waals surface area contributed by atoms with Crippen molar-refractivity contribution in [3.8, 4) is 0 Å². The predicted octanol–water partition coefficient (Wildman–Crippen LogP) is 3.39. The van der Waals surface area contributed by atoms with Crippen LogP contribution in [0.2, 0.25) is 0 Å². The first-order valence-electron chi connectivity index (χ1n) is 6.78. The van der Waals surface area contributed by atoms with Crippen molar-refractivity contribution < 1.29 is 4.79 Å². The number of amides is 1. The molecule has 1 heterocycles. The zero-order valence-corrected chi connectivity index (χ0v) is 13.3. The third-order valence-corrected chi connectivity index (χ3v) is 4.20. The molecule has 1 aliphatic heterocycles. The van der Waals surface area contributed by atoms with E-state index in [2.05, 4.69) is 33.5 Å². The molecule has 1 aliphatic rings. The summed E-state index contributed by atoms with van der Waals surface area (Å²) in [5.74, 6) is 0.278. The molecule has 1 fully saturated rings. The number of halogens is 1. The van der Waals surface area contributed by atoms with Gasteiger partial charge in [-0.15, -0.1) is 0 Å². The molecule has 0 radical (unpaired) electrons. The van der Waals surface area contributed by atoms with Crippen molar-refractivity contribution in [1.82, 2.24) is 5.32 Å². The molecule has 2 rings (SSSR count). The van der Waals surface area contributed by atoms with E-state index in [-0.39, 0.29) is 11.8 Å². The highest BCUT2D eigenvalue weighted by atomic mass is 79.9. The summed E-state index contributed by atoms with van der Waals surface area (Å²) in [4.78, 5) is 12.4. The van der Waals surface area contributed by atoms with Crippen LogP contribution < -0.4 is 10.6 Å². The molecule has 2 N–H and O–H groups in total. The van der Waals surface area contributed by atoms with Crippen molar-refractivity contribution in [3.63, 3.8) is 0 Å². The summed E-state index contributed by atoms with van der Waals surface area (Å²) in [6, 6.07) is 4.50. The first-order valence-corrected chi connectivity index (χ1v) is 7.57. The molecule has 19 heavy (non-hydrogen) atoms. The van der Waals surface area contributed by atoms with Crippen LogP contribution in [-0.4, -0.2) is 18.5 Å². The number of hydrogen-bond donors (Lipinski definition) is 2. The summed E-state index contributed by atoms with van der Waals surface area (Å²) in [6.45, 7) is 7.12. The largest absolute Gasteiger partial charge is 0.325 e. The number of carbonyl (C=O) groups is 1. The lowest BCUT2D eigenvalue weighted by Crippen LogP contribution is -2.40. The first kappa shape index (κ1) is 14.5. The standard InChI is InChI=1S/C15H21BrN2O/c1-9-6-13(16)7-10(2)14(9)18-15(19)12-4-5-17-11(3)8-12/h6-7,11-12,17H,4-5,8H2,1-3H3,(H,18,19). The Morgan fingerprint density at radius 1 is 1.37 bits per heavy atom. The highest BCUT2D eigenvalue weighted by Crippen LogP contribution is 2.26. The van der Waals surface area contributed by atoms with Gasteiger partial charge in [-0.05, 0) is 63.4 Å². The number of anilines is 1. The third-order valence-electron chi connectivity index (χ3n) is 3.74. The molecule has 0 aromatic heterocycles. The van der Waals surface area contributed by atoms with E-state index < -0.39 is 0 Å². The highest BCUT2D eigenvalue weighted by Gasteiger charge is 2.25. The monoisotopic (exact) mass is 324 g/mol. The number of rotatable bonds is 2. The molecule has 1 amide bonds. The van der Waals surface area contributed by atoms with E-state index in [0.717, 1.165) is 40.7 Å². The number of carbonyl (C=O) groups excluding carboxylic acids is 1. The second kappa shape index (κ2) is 6.06. The van der Waals surface area contributed by atoms with Gasteiger partial charge < -0.3 is 10.6 Å². The molecule has 1 aromatic carbocycles. The smallest absolute Gasteiger partial charge is 0.227 e. The maximum absolute atomic E-state index is 12.4. The molecular formula is C15H21BrN2O. The van der Waals surface area contributed by atoms with Gasteiger partial charge in [0.25, 0.3) is 0 Å². The second-order valence-electron chi connectivity index (χ2n) is 5.48. The Kier molecular flexibility index (Phi) is 4.63. The summed E-state index contributed by atoms with van der Waals surface area (Å²) < 4.78 is 1.05. The predicted molar refractivity (Wildman–Crippen MR) is 82.4 cm³/mol. The van der Waals surface area contributed by atoms with Crippen LogP contribution in [0, 0.1) is 19.8 Å². The molecule has 1 aromatic rings. The average Bonchev–Trinajstić information content (AvgIpc) is 2.33. The van der Waals surface area contributed by atoms with E-state index >= 15 is 0 Å². The second-order valence-corrected chi connectivity index (χ2v) is 6.40. The third kappa shape index (κ3) is 3.57. The molecule has 2 unspecified atom stereocenters. The van der Waals surface area contributed by atoms with Crippen molar-refractivity contribution in [3.05, 3.63) is 27.7 Å². The fourth-order valence-corrected chi connectivity index (χ4v) is 3.39. The Morgan fingerprint density at radius 3 is 2.58 bits per heavy atom. The zero-order valence-electron chi connectivity index (χ0n) is 11.7. The van der Waals surface area contributed by atoms with Crippen LogP contribution in [0.5, 0.6) is 0 Å². The summed E-state index contributed by atoms with van der Waals surface area (Å²) in [6.07, 6.45) is 1.84. The Bertz CT molecular complexity index is 464. The van der Waals surface area contributed by atoms with Crippen LogP contribution in [0.3, 0.4) is 0 Å². The minimum absolute atomic E-state index is 0.124. The van der Waals surface area contributed by atoms with Crippen LogP contribution in [0.1, 0.15) is 30.9 Å². The quantitative estimate of drug-likeness (QED) is 0.875. The first-order chi connectivity index (χ1) is 8.97. The van der Waals surface area contributed by atoms with Crippen molar-refractivity contribution in [2.75, 3.05) is 11.9 Å². The molecular weight excluding hydrogens is 304 g/mol. The molecule has 0 bridgehead atoms. The fourth-order valence-electron chi connectivity index (χ4n) is 2.70. The lowest BCUT2D eigenvalue weighted by molar-refractivity contribution is -0.120. The van der Waals surface area contributed by atoms with Gasteiger partial charge >= 0.3 is 0 Å². The van der Waals surface area contributed by atoms with Gasteiger partial charge in [-0.3, -0.25) is 4.79 Å². The van der Waals surface area contributed by atoms with Crippen LogP contribution in [0.25, 0.3) is 0 Å². The number of aryl methyl sites for hydroxylation is 2. The Labute approximate surface area is 123 Å². The summed E-state index contributed by atoms with van der Waals surface area (Å²) in [5.41, 5.74) is 3.16. The summed E-state index contributed by atoms with van der Waals surface area (Å²) in [5, 5.41) is 6.48. The van der Waals surface area contributed by atoms with E-state index in [1.807, 2.05) is 26.0 Å². The highest BCUT2D eigenvalue weighted by molar-refractivity contribution is 9.10. The maximum atomic E-state index is 12.4. The van der Waals surface area contributed by atoms with Gasteiger partial charge in [0, 0.05) is 22.1 Å². The SMILES string of the molecule is Cc1cc(Br)cc(C)c1NC(=O)C1CCNC(C)C1. The number of nitrogens with one attached hydrogen (secondary N) is 2. The van der Waals surface area contributed by atoms with Gasteiger partial charge in [0.1, 0.15) is 0 Å². The van der Waals surface area contributed by atoms with Crippen LogP contribution in [0.4, 0.5) is 5.69 Å². The lowest BCUT2D eigenvalue weighted by atomic mass is 9.92. The number of piperidine rings is 1. The van der Waals surface area contributed by atoms with Gasteiger partial charge in [-0.25, -0.2) is 0 Å². The van der Waals surface area contributed by atoms with Gasteiger partial charge in [-0.1, -0.05) is 15.9 Å². The average molecular weight is 325 g/mol. The molecule has 4 heteroatoms. The van der Waals surface area contributed by atoms with Crippen LogP contribution in [-0.2, 0) is 4.79 Å². The Hall–Kier alpha value is -0.870. The van der Waals surface area contributed by atoms with Gasteiger partial charge in [0.05, 0.1) is 0 Å². The van der Waals surface area contributed by atoms with Crippen LogP contribution >= 0.6 is 15.9 Å². The van der Waals surface area contributed by atoms with Gasteiger partial charge in [0.2, 0.25) is 5.91 Å². The lowest BCUT2D eigenvalue weighted by Gasteiger charge is -2.27. The molecule has 2 atom stereocenters. The van der Waals surface area contributed by atoms with E-state index in [9.17, 15) is 4.79 Å². The van der Waals surface area contributed by atoms with Crippen molar-refractivity contribution in [2.45, 2.75) is 39.7 Å². The maximum Gasteiger partial charge on any atom is 0.227 e. The molecule has 104 valence electrons. The minimum atomic E-state index is 0.124. The summed E-state index contributed by atoms with van der Waals surface area (Å²) in [7, 11) is 0. The van der Waals surface area contributed by atoms with Gasteiger partial charge in [-0.2, -0.15) is 0 Å². The topological polar surface area (TPSA) is 41.1 Å². The zero-order chi connectivity index (χ0) is 14.0. The number of benzene rings is 1. The van der Waals surface area contributed by atoms with E-state index in [1.165, 1.54) is 0 Å². The minimum Gasteiger partial charge on any atom is -0.325 e. The number of hydrogen-bond acceptors (Lipinski definition) is 2. The van der Waals surface area contributed by atoms with Crippen molar-refractivity contribution >= 4 is 27.5 Å². The molecule has 1 saturated heterocycles. The normalized spacial score (nSPS) is 23.2. The van der Waals surface area contributed by atoms with E-state index in [0.29, 0.717) is 6.04 Å². The van der Waals surface area contributed by atoms with E-state index in [1.54, 1.807) is 0 Å². The fraction of sp³-hybridized carbons (Fsp3) is 0.533. The Balaban J connectivity index is 2.10. The molecule has 0 aliphatic carbocycles. The van der Waals surface area contributed by atoms with Crippen molar-refractivity contribution in [2.24, 2.45) is 5.92 Å². The van der Waals surface area contributed by atoms with Gasteiger partial charge in [0.15, 0.2) is 0 Å². The van der Waals surface area contributed by atoms with E-state index in [4.69, 9.17) is 0 Å². The summed E-state index contributed by atoms with van der Waals surface area (Å²) >= 11 is 3.48. The molecule has 0 saturated carbocycles. The molecule has 3 nitrogen and oxygen atoms in total.